The molecule has 0 radical (unpaired) electrons. The maximum Gasteiger partial charge on any atom is 0.340 e. The van der Waals surface area contributed by atoms with Crippen LogP contribution in [0, 0.1) is 0 Å². The molecule has 0 unspecified atom stereocenters. The summed E-state index contributed by atoms with van der Waals surface area (Å²) >= 11 is 14.6. The lowest BCUT2D eigenvalue weighted by molar-refractivity contribution is -0.113. The number of anilines is 1. The summed E-state index contributed by atoms with van der Waals surface area (Å²) in [7, 11) is 3.09. The molecule has 0 bridgehead atoms. The maximum absolute atomic E-state index is 12.5. The molecule has 12 heteroatoms. The van der Waals surface area contributed by atoms with Gasteiger partial charge in [0.15, 0.2) is 11.0 Å². The molecule has 8 nitrogen and oxygen atoms in total. The molecular weight excluding hydrogens is 495 g/mol. The molecule has 0 spiro atoms. The van der Waals surface area contributed by atoms with Crippen LogP contribution in [0.25, 0.3) is 0 Å². The standard InChI is InChI=1S/C20H20Cl2N4O4S2/c1-4-12-8-13(19(28)29-3)18(32-12)23-17(27)10-31-20-25-24-16(26(20)2)9-30-15-7-11(21)5-6-14(15)22/h5-8H,4,9-10H2,1-3H3,(H,23,27). The molecule has 0 saturated carbocycles. The van der Waals surface area contributed by atoms with Crippen LogP contribution in [0.3, 0.4) is 0 Å². The number of ether oxygens (including phenoxy) is 2. The molecule has 32 heavy (non-hydrogen) atoms. The van der Waals surface area contributed by atoms with Crippen LogP contribution in [0.2, 0.25) is 10.0 Å². The SMILES string of the molecule is CCc1cc(C(=O)OC)c(NC(=O)CSc2nnc(COc3cc(Cl)ccc3Cl)n2C)s1. The number of carbonyl (C=O) groups excluding carboxylic acids is 2. The summed E-state index contributed by atoms with van der Waals surface area (Å²) in [5, 5.41) is 13.0. The van der Waals surface area contributed by atoms with Gasteiger partial charge in [-0.1, -0.05) is 41.9 Å². The van der Waals surface area contributed by atoms with Crippen molar-refractivity contribution in [1.82, 2.24) is 14.8 Å². The number of hydrogen-bond acceptors (Lipinski definition) is 8. The molecule has 0 fully saturated rings. The van der Waals surface area contributed by atoms with E-state index >= 15 is 0 Å². The third-order valence-corrected chi connectivity index (χ3v) is 7.06. The highest BCUT2D eigenvalue weighted by atomic mass is 35.5. The Balaban J connectivity index is 1.59. The number of thiophene rings is 1. The Morgan fingerprint density at radius 1 is 1.25 bits per heavy atom. The van der Waals surface area contributed by atoms with Crippen molar-refractivity contribution in [3.63, 3.8) is 0 Å². The number of nitrogens with one attached hydrogen (secondary N) is 1. The number of rotatable bonds is 9. The van der Waals surface area contributed by atoms with Crippen LogP contribution >= 0.6 is 46.3 Å². The molecule has 0 aliphatic heterocycles. The van der Waals surface area contributed by atoms with E-state index < -0.39 is 5.97 Å². The Bertz CT molecular complexity index is 1130. The topological polar surface area (TPSA) is 95.3 Å². The highest BCUT2D eigenvalue weighted by molar-refractivity contribution is 7.99. The van der Waals surface area contributed by atoms with E-state index in [0.717, 1.165) is 11.3 Å². The molecule has 1 aromatic carbocycles. The van der Waals surface area contributed by atoms with Gasteiger partial charge in [-0.3, -0.25) is 4.79 Å². The van der Waals surface area contributed by atoms with Crippen molar-refractivity contribution < 1.29 is 19.1 Å². The fraction of sp³-hybridized carbons (Fsp3) is 0.300. The number of amides is 1. The first-order valence-corrected chi connectivity index (χ1v) is 12.0. The summed E-state index contributed by atoms with van der Waals surface area (Å²) in [4.78, 5) is 25.4. The van der Waals surface area contributed by atoms with Crippen LogP contribution in [0.15, 0.2) is 29.4 Å². The van der Waals surface area contributed by atoms with Crippen molar-refractivity contribution in [2.45, 2.75) is 25.1 Å². The number of esters is 1. The van der Waals surface area contributed by atoms with E-state index in [9.17, 15) is 9.59 Å². The molecule has 0 aliphatic rings. The van der Waals surface area contributed by atoms with Gasteiger partial charge >= 0.3 is 5.97 Å². The second-order valence-electron chi connectivity index (χ2n) is 6.46. The van der Waals surface area contributed by atoms with Crippen molar-refractivity contribution in [3.8, 4) is 5.75 Å². The van der Waals surface area contributed by atoms with E-state index in [2.05, 4.69) is 15.5 Å². The third kappa shape index (κ3) is 5.94. The van der Waals surface area contributed by atoms with Gasteiger partial charge < -0.3 is 19.4 Å². The van der Waals surface area contributed by atoms with E-state index in [4.69, 9.17) is 32.7 Å². The van der Waals surface area contributed by atoms with Gasteiger partial charge in [-0.25, -0.2) is 4.79 Å². The fourth-order valence-electron chi connectivity index (χ4n) is 2.59. The Hall–Kier alpha value is -2.27. The number of nitrogens with zero attached hydrogens (tertiary/aromatic N) is 3. The Morgan fingerprint density at radius 2 is 2.03 bits per heavy atom. The minimum Gasteiger partial charge on any atom is -0.484 e. The summed E-state index contributed by atoms with van der Waals surface area (Å²) < 4.78 is 12.2. The predicted molar refractivity (Wildman–Crippen MR) is 126 cm³/mol. The normalized spacial score (nSPS) is 10.8. The van der Waals surface area contributed by atoms with Gasteiger partial charge in [-0.15, -0.1) is 21.5 Å². The zero-order valence-corrected chi connectivity index (χ0v) is 20.6. The smallest absolute Gasteiger partial charge is 0.340 e. The molecular formula is C20H20Cl2N4O4S2. The molecule has 0 saturated heterocycles. The van der Waals surface area contributed by atoms with Crippen molar-refractivity contribution in [2.24, 2.45) is 7.05 Å². The first kappa shape index (κ1) is 24.4. The lowest BCUT2D eigenvalue weighted by Crippen LogP contribution is -2.16. The Kier molecular flexibility index (Phi) is 8.41. The predicted octanol–water partition coefficient (Wildman–Crippen LogP) is 4.84. The second-order valence-corrected chi connectivity index (χ2v) is 9.38. The van der Waals surface area contributed by atoms with Gasteiger partial charge in [-0.05, 0) is 24.6 Å². The average molecular weight is 515 g/mol. The van der Waals surface area contributed by atoms with Crippen LogP contribution in [0.1, 0.15) is 28.0 Å². The number of methoxy groups -OCH3 is 1. The van der Waals surface area contributed by atoms with Gasteiger partial charge in [0.25, 0.3) is 0 Å². The summed E-state index contributed by atoms with van der Waals surface area (Å²) in [5.41, 5.74) is 0.352. The van der Waals surface area contributed by atoms with Crippen molar-refractivity contribution in [1.29, 1.82) is 0 Å². The summed E-state index contributed by atoms with van der Waals surface area (Å²) in [6.07, 6.45) is 0.753. The van der Waals surface area contributed by atoms with Gasteiger partial charge in [0.2, 0.25) is 5.91 Å². The summed E-state index contributed by atoms with van der Waals surface area (Å²) in [5.74, 6) is 0.340. The van der Waals surface area contributed by atoms with Crippen molar-refractivity contribution in [3.05, 3.63) is 50.6 Å². The molecule has 2 aromatic heterocycles. The van der Waals surface area contributed by atoms with E-state index in [1.165, 1.54) is 30.2 Å². The van der Waals surface area contributed by atoms with Gasteiger partial charge in [-0.2, -0.15) is 0 Å². The highest BCUT2D eigenvalue weighted by Crippen LogP contribution is 2.30. The molecule has 1 N–H and O–H groups in total. The van der Waals surface area contributed by atoms with Gasteiger partial charge in [0, 0.05) is 23.0 Å². The number of aryl methyl sites for hydroxylation is 1. The number of thioether (sulfide) groups is 1. The monoisotopic (exact) mass is 514 g/mol. The molecule has 170 valence electrons. The summed E-state index contributed by atoms with van der Waals surface area (Å²) in [6.45, 7) is 2.11. The minimum absolute atomic E-state index is 0.0902. The van der Waals surface area contributed by atoms with E-state index in [-0.39, 0.29) is 18.3 Å². The number of hydrogen-bond donors (Lipinski definition) is 1. The zero-order valence-electron chi connectivity index (χ0n) is 17.5. The quantitative estimate of drug-likeness (QED) is 0.322. The number of carbonyl (C=O) groups is 2. The van der Waals surface area contributed by atoms with E-state index in [1.54, 1.807) is 35.9 Å². The molecule has 0 aliphatic carbocycles. The first-order chi connectivity index (χ1) is 15.3. The zero-order chi connectivity index (χ0) is 23.3. The van der Waals surface area contributed by atoms with Crippen LogP contribution in [-0.4, -0.2) is 39.5 Å². The van der Waals surface area contributed by atoms with Gasteiger partial charge in [0.05, 0.1) is 23.4 Å². The Labute approximate surface area is 203 Å². The number of aromatic nitrogens is 3. The van der Waals surface area contributed by atoms with E-state index in [0.29, 0.717) is 37.3 Å². The van der Waals surface area contributed by atoms with Crippen molar-refractivity contribution >= 4 is 63.2 Å². The molecule has 3 rings (SSSR count). The first-order valence-electron chi connectivity index (χ1n) is 9.42. The number of halogens is 2. The van der Waals surface area contributed by atoms with Crippen LogP contribution in [0.5, 0.6) is 5.75 Å². The average Bonchev–Trinajstić information content (AvgIpc) is 3.35. The minimum atomic E-state index is -0.485. The third-order valence-electron chi connectivity index (χ3n) is 4.30. The fourth-order valence-corrected chi connectivity index (χ4v) is 4.65. The van der Waals surface area contributed by atoms with E-state index in [1.807, 2.05) is 6.92 Å². The highest BCUT2D eigenvalue weighted by Gasteiger charge is 2.19. The second kappa shape index (κ2) is 11.0. The number of benzene rings is 1. The van der Waals surface area contributed by atoms with Crippen LogP contribution < -0.4 is 10.1 Å². The van der Waals surface area contributed by atoms with Gasteiger partial charge in [0.1, 0.15) is 17.4 Å². The molecule has 0 atom stereocenters. The van der Waals surface area contributed by atoms with Crippen molar-refractivity contribution in [2.75, 3.05) is 18.2 Å². The molecule has 1 amide bonds. The van der Waals surface area contributed by atoms with Crippen LogP contribution in [0.4, 0.5) is 5.00 Å². The molecule has 3 aromatic rings. The maximum atomic E-state index is 12.5. The van der Waals surface area contributed by atoms with Crippen LogP contribution in [-0.2, 0) is 29.6 Å². The largest absolute Gasteiger partial charge is 0.484 e. The lowest BCUT2D eigenvalue weighted by Gasteiger charge is -2.08. The Morgan fingerprint density at radius 3 is 2.75 bits per heavy atom. The summed E-state index contributed by atoms with van der Waals surface area (Å²) in [6, 6.07) is 6.68. The molecule has 2 heterocycles. The lowest BCUT2D eigenvalue weighted by atomic mass is 10.2.